The summed E-state index contributed by atoms with van der Waals surface area (Å²) < 4.78 is 1.94. The number of rotatable bonds is 7. The number of hydrogen-bond donors (Lipinski definition) is 0. The summed E-state index contributed by atoms with van der Waals surface area (Å²) in [4.78, 5) is 22.2. The molecule has 7 heteroatoms. The molecule has 0 bridgehead atoms. The molecule has 0 aliphatic carbocycles. The van der Waals surface area contributed by atoms with Gasteiger partial charge in [0, 0.05) is 44.7 Å². The molecule has 3 heterocycles. The van der Waals surface area contributed by atoms with Gasteiger partial charge in [-0.05, 0) is 31.9 Å². The van der Waals surface area contributed by atoms with E-state index in [4.69, 9.17) is 0 Å². The second kappa shape index (κ2) is 8.12. The Morgan fingerprint density at radius 2 is 1.86 bits per heavy atom. The van der Waals surface area contributed by atoms with Crippen molar-refractivity contribution in [1.82, 2.24) is 24.5 Å². The van der Waals surface area contributed by atoms with Crippen molar-refractivity contribution in [2.75, 3.05) is 31.6 Å². The Hall–Kier alpha value is -2.70. The van der Waals surface area contributed by atoms with Crippen LogP contribution in [-0.4, -0.2) is 57.1 Å². The van der Waals surface area contributed by atoms with Gasteiger partial charge in [-0.1, -0.05) is 20.8 Å². The van der Waals surface area contributed by atoms with Crippen molar-refractivity contribution >= 4 is 28.3 Å². The topological polar surface area (TPSA) is 66.6 Å². The lowest BCUT2D eigenvalue weighted by Crippen LogP contribution is -2.33. The van der Waals surface area contributed by atoms with Gasteiger partial charge in [0.05, 0.1) is 5.69 Å². The minimum absolute atomic E-state index is 0.0126. The van der Waals surface area contributed by atoms with E-state index in [2.05, 4.69) is 33.9 Å². The lowest BCUT2D eigenvalue weighted by Gasteiger charge is -2.28. The molecule has 3 rings (SSSR count). The summed E-state index contributed by atoms with van der Waals surface area (Å²) in [5.41, 5.74) is 2.88. The third-order valence-electron chi connectivity index (χ3n) is 5.05. The van der Waals surface area contributed by atoms with Crippen LogP contribution in [-0.2, 0) is 6.42 Å². The Morgan fingerprint density at radius 3 is 2.46 bits per heavy atom. The predicted octanol–water partition coefficient (Wildman–Crippen LogP) is 3.41. The first-order valence-electron chi connectivity index (χ1n) is 10.1. The van der Waals surface area contributed by atoms with Crippen LogP contribution in [0.4, 0.5) is 5.69 Å². The molecule has 7 nitrogen and oxygen atoms in total. The third kappa shape index (κ3) is 3.30. The number of carbonyl (C=O) groups is 1. The van der Waals surface area contributed by atoms with Gasteiger partial charge in [0.1, 0.15) is 17.0 Å². The van der Waals surface area contributed by atoms with Gasteiger partial charge >= 0.3 is 0 Å². The molecule has 150 valence electrons. The minimum atomic E-state index is -0.0126. The second-order valence-electron chi connectivity index (χ2n) is 7.48. The molecule has 0 radical (unpaired) electrons. The lowest BCUT2D eigenvalue weighted by molar-refractivity contribution is 0.0775. The van der Waals surface area contributed by atoms with Crippen molar-refractivity contribution in [2.45, 2.75) is 41.0 Å². The predicted molar refractivity (Wildman–Crippen MR) is 113 cm³/mol. The van der Waals surface area contributed by atoms with E-state index in [1.165, 1.54) is 0 Å². The molecule has 0 aliphatic heterocycles. The average Bonchev–Trinajstić information content (AvgIpc) is 3.11. The fourth-order valence-corrected chi connectivity index (χ4v) is 3.83. The zero-order chi connectivity index (χ0) is 20.4. The Kier molecular flexibility index (Phi) is 5.82. The molecule has 0 fully saturated rings. The van der Waals surface area contributed by atoms with Gasteiger partial charge in [-0.25, -0.2) is 4.98 Å². The maximum Gasteiger partial charge on any atom is 0.259 e. The third-order valence-corrected chi connectivity index (χ3v) is 5.05. The summed E-state index contributed by atoms with van der Waals surface area (Å²) in [5.74, 6) is 1.25. The van der Waals surface area contributed by atoms with Crippen LogP contribution in [0.2, 0.25) is 0 Å². The SMILES string of the molecule is CCc1nnc2c(C(=O)N(CC)CC)c(N(C)CC(C)C)c3cccnc3n12. The van der Waals surface area contributed by atoms with Crippen molar-refractivity contribution in [3.8, 4) is 0 Å². The molecule has 3 aromatic heterocycles. The molecule has 0 unspecified atom stereocenters. The van der Waals surface area contributed by atoms with Crippen LogP contribution < -0.4 is 4.90 Å². The van der Waals surface area contributed by atoms with Crippen LogP contribution in [0.25, 0.3) is 16.7 Å². The summed E-state index contributed by atoms with van der Waals surface area (Å²) in [5, 5.41) is 9.74. The summed E-state index contributed by atoms with van der Waals surface area (Å²) in [6, 6.07) is 3.95. The van der Waals surface area contributed by atoms with Gasteiger partial charge in [0.15, 0.2) is 5.65 Å². The molecule has 28 heavy (non-hydrogen) atoms. The molecule has 0 saturated carbocycles. The molecule has 0 aromatic carbocycles. The van der Waals surface area contributed by atoms with E-state index >= 15 is 0 Å². The number of fused-ring (bicyclic) bond motifs is 3. The number of anilines is 1. The fraction of sp³-hybridized carbons (Fsp3) is 0.524. The Morgan fingerprint density at radius 1 is 1.14 bits per heavy atom. The second-order valence-corrected chi connectivity index (χ2v) is 7.48. The highest BCUT2D eigenvalue weighted by Crippen LogP contribution is 2.34. The van der Waals surface area contributed by atoms with E-state index in [-0.39, 0.29) is 5.91 Å². The molecule has 3 aromatic rings. The van der Waals surface area contributed by atoms with Crippen LogP contribution >= 0.6 is 0 Å². The number of nitrogens with zero attached hydrogens (tertiary/aromatic N) is 6. The molecule has 0 N–H and O–H groups in total. The van der Waals surface area contributed by atoms with E-state index in [0.717, 1.165) is 29.1 Å². The van der Waals surface area contributed by atoms with E-state index in [9.17, 15) is 4.79 Å². The monoisotopic (exact) mass is 382 g/mol. The van der Waals surface area contributed by atoms with Crippen molar-refractivity contribution in [1.29, 1.82) is 0 Å². The van der Waals surface area contributed by atoms with E-state index in [1.807, 2.05) is 49.3 Å². The number of hydrogen-bond acceptors (Lipinski definition) is 5. The highest BCUT2D eigenvalue weighted by atomic mass is 16.2. The first kappa shape index (κ1) is 20.0. The smallest absolute Gasteiger partial charge is 0.259 e. The number of aromatic nitrogens is 4. The zero-order valence-electron chi connectivity index (χ0n) is 17.7. The molecule has 0 aliphatic rings. The van der Waals surface area contributed by atoms with E-state index in [0.29, 0.717) is 36.6 Å². The number of aryl methyl sites for hydroxylation is 1. The van der Waals surface area contributed by atoms with Gasteiger partial charge in [0.25, 0.3) is 5.91 Å². The fourth-order valence-electron chi connectivity index (χ4n) is 3.83. The van der Waals surface area contributed by atoms with Crippen LogP contribution in [0, 0.1) is 5.92 Å². The molecule has 0 spiro atoms. The summed E-state index contributed by atoms with van der Waals surface area (Å²) in [7, 11) is 2.04. The van der Waals surface area contributed by atoms with Crippen molar-refractivity contribution in [2.24, 2.45) is 5.92 Å². The van der Waals surface area contributed by atoms with E-state index in [1.54, 1.807) is 6.20 Å². The van der Waals surface area contributed by atoms with Crippen LogP contribution in [0.1, 0.15) is 50.8 Å². The highest BCUT2D eigenvalue weighted by molar-refractivity contribution is 6.12. The van der Waals surface area contributed by atoms with E-state index < -0.39 is 0 Å². The summed E-state index contributed by atoms with van der Waals surface area (Å²) in [6.07, 6.45) is 2.49. The van der Waals surface area contributed by atoms with Gasteiger partial charge in [-0.3, -0.25) is 9.20 Å². The quantitative estimate of drug-likeness (QED) is 0.626. The molecule has 1 amide bonds. The largest absolute Gasteiger partial charge is 0.373 e. The zero-order valence-corrected chi connectivity index (χ0v) is 17.7. The minimum Gasteiger partial charge on any atom is -0.373 e. The van der Waals surface area contributed by atoms with Crippen molar-refractivity contribution in [3.05, 3.63) is 29.7 Å². The summed E-state index contributed by atoms with van der Waals surface area (Å²) >= 11 is 0. The van der Waals surface area contributed by atoms with Crippen LogP contribution in [0.5, 0.6) is 0 Å². The van der Waals surface area contributed by atoms with Gasteiger partial charge in [-0.2, -0.15) is 0 Å². The van der Waals surface area contributed by atoms with Crippen LogP contribution in [0.3, 0.4) is 0 Å². The maximum atomic E-state index is 13.6. The average molecular weight is 383 g/mol. The van der Waals surface area contributed by atoms with Crippen LogP contribution in [0.15, 0.2) is 18.3 Å². The van der Waals surface area contributed by atoms with Crippen molar-refractivity contribution in [3.63, 3.8) is 0 Å². The molecular weight excluding hydrogens is 352 g/mol. The molecular formula is C21H30N6O. The van der Waals surface area contributed by atoms with Gasteiger partial charge < -0.3 is 9.80 Å². The maximum absolute atomic E-state index is 13.6. The Bertz CT molecular complexity index is 989. The number of pyridine rings is 2. The molecule has 0 saturated heterocycles. The standard InChI is InChI=1S/C21H30N6O/c1-7-16-23-24-20-17(21(28)26(8-2)9-3)18(25(6)13-14(4)5)15-11-10-12-22-19(15)27(16)20/h10-12,14H,7-9,13H2,1-6H3. The molecule has 0 atom stereocenters. The summed E-state index contributed by atoms with van der Waals surface area (Å²) in [6.45, 7) is 12.5. The Labute approximate surface area is 166 Å². The number of amides is 1. The first-order valence-corrected chi connectivity index (χ1v) is 10.1. The highest BCUT2D eigenvalue weighted by Gasteiger charge is 2.28. The van der Waals surface area contributed by atoms with Crippen molar-refractivity contribution < 1.29 is 4.79 Å². The normalized spacial score (nSPS) is 11.5. The Balaban J connectivity index is 2.45. The number of carbonyl (C=O) groups excluding carboxylic acids is 1. The van der Waals surface area contributed by atoms with Gasteiger partial charge in [-0.15, -0.1) is 10.2 Å². The van der Waals surface area contributed by atoms with Gasteiger partial charge in [0.2, 0.25) is 0 Å². The first-order chi connectivity index (χ1) is 13.4. The lowest BCUT2D eigenvalue weighted by atomic mass is 10.1.